The summed E-state index contributed by atoms with van der Waals surface area (Å²) in [4.78, 5) is 0. The first-order chi connectivity index (χ1) is 9.40. The van der Waals surface area contributed by atoms with Gasteiger partial charge in [-0.1, -0.05) is 23.4 Å². The summed E-state index contributed by atoms with van der Waals surface area (Å²) in [5.41, 5.74) is 1.20. The van der Waals surface area contributed by atoms with Crippen LogP contribution in [0.2, 0.25) is 0 Å². The maximum Gasteiger partial charge on any atom is 0.123 e. The van der Waals surface area contributed by atoms with Gasteiger partial charge in [0.15, 0.2) is 0 Å². The Bertz CT molecular complexity index is 470. The van der Waals surface area contributed by atoms with E-state index in [0.29, 0.717) is 6.61 Å². The van der Waals surface area contributed by atoms with Gasteiger partial charge in [-0.05, 0) is 26.0 Å². The van der Waals surface area contributed by atoms with Crippen molar-refractivity contribution in [2.75, 3.05) is 13.2 Å². The Morgan fingerprint density at radius 1 is 1.32 bits per heavy atom. The number of ether oxygens (including phenoxy) is 1. The zero-order valence-electron chi connectivity index (χ0n) is 11.2. The highest BCUT2D eigenvalue weighted by atomic mass is 16.5. The third kappa shape index (κ3) is 4.37. The van der Waals surface area contributed by atoms with Gasteiger partial charge in [0, 0.05) is 24.8 Å². The zero-order chi connectivity index (χ0) is 13.3. The SMILES string of the molecule is CCOc1ccccc1CNCCCn1ccnn1. The van der Waals surface area contributed by atoms with Crippen molar-refractivity contribution in [2.24, 2.45) is 0 Å². The summed E-state index contributed by atoms with van der Waals surface area (Å²) in [5, 5.41) is 11.1. The average Bonchev–Trinajstić information content (AvgIpc) is 2.94. The fraction of sp³-hybridized carbons (Fsp3) is 0.429. The minimum atomic E-state index is 0.698. The third-order valence-corrected chi connectivity index (χ3v) is 2.80. The highest BCUT2D eigenvalue weighted by Gasteiger charge is 2.01. The lowest BCUT2D eigenvalue weighted by Gasteiger charge is -2.10. The molecule has 0 radical (unpaired) electrons. The van der Waals surface area contributed by atoms with Crippen LogP contribution in [0, 0.1) is 0 Å². The molecular formula is C14H20N4O. The lowest BCUT2D eigenvalue weighted by atomic mass is 10.2. The first kappa shape index (κ1) is 13.5. The summed E-state index contributed by atoms with van der Waals surface area (Å²) >= 11 is 0. The Morgan fingerprint density at radius 3 is 3.00 bits per heavy atom. The van der Waals surface area contributed by atoms with Crippen LogP contribution in [0.4, 0.5) is 0 Å². The van der Waals surface area contributed by atoms with Gasteiger partial charge in [-0.25, -0.2) is 0 Å². The molecule has 5 nitrogen and oxygen atoms in total. The Labute approximate surface area is 113 Å². The molecule has 1 heterocycles. The van der Waals surface area contributed by atoms with Crippen LogP contribution in [-0.4, -0.2) is 28.1 Å². The van der Waals surface area contributed by atoms with Crippen LogP contribution in [0.1, 0.15) is 18.9 Å². The monoisotopic (exact) mass is 260 g/mol. The topological polar surface area (TPSA) is 52.0 Å². The molecule has 0 aliphatic carbocycles. The lowest BCUT2D eigenvalue weighted by molar-refractivity contribution is 0.335. The molecule has 0 aliphatic heterocycles. The number of hydrogen-bond acceptors (Lipinski definition) is 4. The van der Waals surface area contributed by atoms with Gasteiger partial charge in [-0.3, -0.25) is 4.68 Å². The van der Waals surface area contributed by atoms with Crippen molar-refractivity contribution in [3.8, 4) is 5.75 Å². The van der Waals surface area contributed by atoms with E-state index in [4.69, 9.17) is 4.74 Å². The van der Waals surface area contributed by atoms with Crippen LogP contribution < -0.4 is 10.1 Å². The molecule has 2 rings (SSSR count). The van der Waals surface area contributed by atoms with Crippen molar-refractivity contribution in [2.45, 2.75) is 26.4 Å². The Hall–Kier alpha value is -1.88. The van der Waals surface area contributed by atoms with Gasteiger partial charge >= 0.3 is 0 Å². The first-order valence-electron chi connectivity index (χ1n) is 6.65. The molecule has 0 aliphatic rings. The lowest BCUT2D eigenvalue weighted by Crippen LogP contribution is -2.17. The van der Waals surface area contributed by atoms with E-state index in [1.54, 1.807) is 6.20 Å². The molecule has 0 saturated heterocycles. The fourth-order valence-electron chi connectivity index (χ4n) is 1.89. The number of nitrogens with one attached hydrogen (secondary N) is 1. The molecule has 1 aromatic carbocycles. The van der Waals surface area contributed by atoms with Crippen molar-refractivity contribution in [3.63, 3.8) is 0 Å². The van der Waals surface area contributed by atoms with Gasteiger partial charge in [0.2, 0.25) is 0 Å². The van der Waals surface area contributed by atoms with Gasteiger partial charge in [0.25, 0.3) is 0 Å². The van der Waals surface area contributed by atoms with E-state index >= 15 is 0 Å². The molecule has 0 saturated carbocycles. The van der Waals surface area contributed by atoms with E-state index in [1.807, 2.05) is 36.0 Å². The number of aromatic nitrogens is 3. The smallest absolute Gasteiger partial charge is 0.123 e. The van der Waals surface area contributed by atoms with Crippen LogP contribution >= 0.6 is 0 Å². The summed E-state index contributed by atoms with van der Waals surface area (Å²) < 4.78 is 7.43. The number of hydrogen-bond donors (Lipinski definition) is 1. The molecule has 1 aromatic heterocycles. The van der Waals surface area contributed by atoms with Crippen molar-refractivity contribution >= 4 is 0 Å². The molecule has 0 bridgehead atoms. The summed E-state index contributed by atoms with van der Waals surface area (Å²) in [5.74, 6) is 0.966. The van der Waals surface area contributed by atoms with E-state index in [0.717, 1.165) is 31.8 Å². The summed E-state index contributed by atoms with van der Waals surface area (Å²) in [6, 6.07) is 8.14. The highest BCUT2D eigenvalue weighted by Crippen LogP contribution is 2.17. The van der Waals surface area contributed by atoms with Crippen molar-refractivity contribution in [3.05, 3.63) is 42.2 Å². The summed E-state index contributed by atoms with van der Waals surface area (Å²) in [6.45, 7) is 5.36. The highest BCUT2D eigenvalue weighted by molar-refractivity contribution is 5.33. The van der Waals surface area contributed by atoms with E-state index < -0.39 is 0 Å². The standard InChI is InChI=1S/C14H20N4O/c1-2-19-14-7-4-3-6-13(14)12-15-8-5-10-18-11-9-16-17-18/h3-4,6-7,9,11,15H,2,5,8,10,12H2,1H3. The van der Waals surface area contributed by atoms with Crippen molar-refractivity contribution in [1.82, 2.24) is 20.3 Å². The van der Waals surface area contributed by atoms with Gasteiger partial charge in [-0.15, -0.1) is 5.10 Å². The van der Waals surface area contributed by atoms with Crippen LogP contribution in [0.3, 0.4) is 0 Å². The molecule has 2 aromatic rings. The van der Waals surface area contributed by atoms with E-state index in [2.05, 4.69) is 21.7 Å². The van der Waals surface area contributed by atoms with Gasteiger partial charge < -0.3 is 10.1 Å². The second kappa shape index (κ2) is 7.53. The summed E-state index contributed by atoms with van der Waals surface area (Å²) in [6.07, 6.45) is 4.61. The number of aryl methyl sites for hydroxylation is 1. The maximum absolute atomic E-state index is 5.59. The second-order valence-corrected chi connectivity index (χ2v) is 4.24. The molecule has 102 valence electrons. The maximum atomic E-state index is 5.59. The number of para-hydroxylation sites is 1. The molecule has 0 fully saturated rings. The molecule has 0 unspecified atom stereocenters. The molecule has 0 amide bonds. The first-order valence-corrected chi connectivity index (χ1v) is 6.65. The van der Waals surface area contributed by atoms with Gasteiger partial charge in [-0.2, -0.15) is 0 Å². The summed E-state index contributed by atoms with van der Waals surface area (Å²) in [7, 11) is 0. The number of benzene rings is 1. The Kier molecular flexibility index (Phi) is 5.37. The molecule has 0 atom stereocenters. The van der Waals surface area contributed by atoms with E-state index in [-0.39, 0.29) is 0 Å². The van der Waals surface area contributed by atoms with E-state index in [9.17, 15) is 0 Å². The zero-order valence-corrected chi connectivity index (χ0v) is 11.2. The van der Waals surface area contributed by atoms with Crippen molar-refractivity contribution < 1.29 is 4.74 Å². The minimum absolute atomic E-state index is 0.698. The molecule has 1 N–H and O–H groups in total. The van der Waals surface area contributed by atoms with Crippen LogP contribution in [0.15, 0.2) is 36.7 Å². The largest absolute Gasteiger partial charge is 0.494 e. The van der Waals surface area contributed by atoms with Gasteiger partial charge in [0.05, 0.1) is 12.8 Å². The van der Waals surface area contributed by atoms with Crippen LogP contribution in [0.25, 0.3) is 0 Å². The quantitative estimate of drug-likeness (QED) is 0.736. The molecule has 0 spiro atoms. The third-order valence-electron chi connectivity index (χ3n) is 2.80. The van der Waals surface area contributed by atoms with Crippen LogP contribution in [0.5, 0.6) is 5.75 Å². The molecule has 5 heteroatoms. The van der Waals surface area contributed by atoms with Gasteiger partial charge in [0.1, 0.15) is 5.75 Å². The fourth-order valence-corrected chi connectivity index (χ4v) is 1.89. The normalized spacial score (nSPS) is 10.6. The second-order valence-electron chi connectivity index (χ2n) is 4.24. The number of nitrogens with zero attached hydrogens (tertiary/aromatic N) is 3. The molecule has 19 heavy (non-hydrogen) atoms. The Morgan fingerprint density at radius 2 is 2.21 bits per heavy atom. The number of rotatable bonds is 8. The molecular weight excluding hydrogens is 240 g/mol. The predicted molar refractivity (Wildman–Crippen MR) is 74.0 cm³/mol. The Balaban J connectivity index is 1.70. The van der Waals surface area contributed by atoms with E-state index in [1.165, 1.54) is 5.56 Å². The predicted octanol–water partition coefficient (Wildman–Crippen LogP) is 1.86. The average molecular weight is 260 g/mol. The minimum Gasteiger partial charge on any atom is -0.494 e. The van der Waals surface area contributed by atoms with Crippen molar-refractivity contribution in [1.29, 1.82) is 0 Å². The van der Waals surface area contributed by atoms with Crippen LogP contribution in [-0.2, 0) is 13.1 Å².